The van der Waals surface area contributed by atoms with Gasteiger partial charge in [0.05, 0.1) is 5.92 Å². The topological polar surface area (TPSA) is 43.1 Å². The van der Waals surface area contributed by atoms with Crippen molar-refractivity contribution in [2.75, 3.05) is 18.1 Å². The summed E-state index contributed by atoms with van der Waals surface area (Å²) < 4.78 is 48.7. The fourth-order valence-electron chi connectivity index (χ4n) is 2.03. The number of hydrogen-bond donors (Lipinski definition) is 1. The van der Waals surface area contributed by atoms with E-state index in [0.717, 1.165) is 25.7 Å². The average molecular weight is 257 g/mol. The van der Waals surface area contributed by atoms with E-state index in [1.54, 1.807) is 0 Å². The Morgan fingerprint density at radius 1 is 1.31 bits per heavy atom. The third-order valence-electron chi connectivity index (χ3n) is 3.03. The zero-order valence-electron chi connectivity index (χ0n) is 9.13. The number of nitrogens with two attached hydrogens (primary N) is 1. The molecule has 0 amide bonds. The van der Waals surface area contributed by atoms with Crippen LogP contribution >= 0.6 is 0 Å². The lowest BCUT2D eigenvalue weighted by atomic mass is 10.1. The monoisotopic (exact) mass is 257 g/mol. The molecule has 16 heavy (non-hydrogen) atoms. The highest BCUT2D eigenvalue weighted by Crippen LogP contribution is 2.28. The van der Waals surface area contributed by atoms with Crippen molar-refractivity contribution in [3.8, 4) is 0 Å². The average Bonchev–Trinajstić information content (AvgIpc) is 2.64. The predicted molar refractivity (Wildman–Crippen MR) is 58.4 cm³/mol. The highest BCUT2D eigenvalue weighted by atomic mass is 32.2. The van der Waals surface area contributed by atoms with Crippen LogP contribution in [0.2, 0.25) is 0 Å². The van der Waals surface area contributed by atoms with Gasteiger partial charge in [-0.05, 0) is 18.8 Å². The molecular weight excluding hydrogens is 239 g/mol. The summed E-state index contributed by atoms with van der Waals surface area (Å²) in [4.78, 5) is 0. The summed E-state index contributed by atoms with van der Waals surface area (Å²) in [5.41, 5.74) is 5.06. The van der Waals surface area contributed by atoms with Crippen molar-refractivity contribution in [2.45, 2.75) is 31.9 Å². The number of halogens is 3. The first-order valence-electron chi connectivity index (χ1n) is 5.55. The van der Waals surface area contributed by atoms with E-state index < -0.39 is 29.4 Å². The Balaban J connectivity index is 2.36. The van der Waals surface area contributed by atoms with Crippen molar-refractivity contribution in [1.29, 1.82) is 0 Å². The smallest absolute Gasteiger partial charge is 0.330 e. The Labute approximate surface area is 96.2 Å². The minimum atomic E-state index is -4.32. The molecule has 2 N–H and O–H groups in total. The van der Waals surface area contributed by atoms with Gasteiger partial charge >= 0.3 is 6.18 Å². The van der Waals surface area contributed by atoms with E-state index in [1.807, 2.05) is 0 Å². The Hall–Kier alpha value is -0.100. The Morgan fingerprint density at radius 3 is 2.31 bits per heavy atom. The fraction of sp³-hybridized carbons (Fsp3) is 1.00. The van der Waals surface area contributed by atoms with Gasteiger partial charge in [0, 0.05) is 28.9 Å². The first-order chi connectivity index (χ1) is 7.43. The van der Waals surface area contributed by atoms with E-state index in [-0.39, 0.29) is 5.75 Å². The molecule has 0 aromatic rings. The van der Waals surface area contributed by atoms with Crippen molar-refractivity contribution in [2.24, 2.45) is 17.6 Å². The van der Waals surface area contributed by atoms with E-state index in [9.17, 15) is 17.4 Å². The lowest BCUT2D eigenvalue weighted by Crippen LogP contribution is -2.35. The van der Waals surface area contributed by atoms with Gasteiger partial charge in [0.2, 0.25) is 0 Å². The molecule has 0 bridgehead atoms. The first kappa shape index (κ1) is 14.0. The fourth-order valence-corrected chi connectivity index (χ4v) is 3.80. The van der Waals surface area contributed by atoms with Crippen LogP contribution in [0, 0.1) is 11.8 Å². The van der Waals surface area contributed by atoms with Gasteiger partial charge in [0.15, 0.2) is 0 Å². The summed E-state index contributed by atoms with van der Waals surface area (Å²) in [6.07, 6.45) is -0.0842. The third-order valence-corrected chi connectivity index (χ3v) is 4.65. The maximum atomic E-state index is 12.4. The normalized spacial score (nSPS) is 22.2. The molecule has 1 aliphatic carbocycles. The molecule has 6 heteroatoms. The largest absolute Gasteiger partial charge is 0.393 e. The quantitative estimate of drug-likeness (QED) is 0.819. The Bertz CT molecular complexity index is 239. The Kier molecular flexibility index (Phi) is 5.24. The second-order valence-electron chi connectivity index (χ2n) is 4.40. The van der Waals surface area contributed by atoms with Gasteiger partial charge in [-0.25, -0.2) is 0 Å². The summed E-state index contributed by atoms with van der Waals surface area (Å²) in [6, 6.07) is 0. The van der Waals surface area contributed by atoms with E-state index in [2.05, 4.69) is 0 Å². The predicted octanol–water partition coefficient (Wildman–Crippen LogP) is 2.06. The van der Waals surface area contributed by atoms with Gasteiger partial charge in [-0.2, -0.15) is 13.2 Å². The standard InChI is InChI=1S/C10H18F3NOS/c11-10(12,13)9(5-14)7-16(15)6-8-3-1-2-4-8/h8-9H,1-7,14H2. The lowest BCUT2D eigenvalue weighted by Gasteiger charge is -2.18. The van der Waals surface area contributed by atoms with Crippen LogP contribution in [-0.4, -0.2) is 28.4 Å². The zero-order chi connectivity index (χ0) is 12.2. The van der Waals surface area contributed by atoms with Crippen LogP contribution in [0.3, 0.4) is 0 Å². The molecule has 0 spiro atoms. The second kappa shape index (κ2) is 6.00. The van der Waals surface area contributed by atoms with E-state index in [1.165, 1.54) is 0 Å². The molecule has 1 saturated carbocycles. The molecule has 1 rings (SSSR count). The summed E-state index contributed by atoms with van der Waals surface area (Å²) in [6.45, 7) is -0.472. The molecule has 2 nitrogen and oxygen atoms in total. The zero-order valence-corrected chi connectivity index (χ0v) is 9.95. The summed E-state index contributed by atoms with van der Waals surface area (Å²) in [7, 11) is -1.39. The first-order valence-corrected chi connectivity index (χ1v) is 7.04. The Morgan fingerprint density at radius 2 is 1.88 bits per heavy atom. The van der Waals surface area contributed by atoms with E-state index in [0.29, 0.717) is 11.7 Å². The third kappa shape index (κ3) is 4.41. The van der Waals surface area contributed by atoms with Gasteiger partial charge in [-0.3, -0.25) is 4.21 Å². The highest BCUT2D eigenvalue weighted by Gasteiger charge is 2.39. The minimum absolute atomic E-state index is 0.337. The summed E-state index contributed by atoms with van der Waals surface area (Å²) >= 11 is 0. The molecular formula is C10H18F3NOS. The molecule has 0 aliphatic heterocycles. The highest BCUT2D eigenvalue weighted by molar-refractivity contribution is 7.85. The van der Waals surface area contributed by atoms with Crippen molar-refractivity contribution in [3.05, 3.63) is 0 Å². The molecule has 0 aromatic carbocycles. The van der Waals surface area contributed by atoms with E-state index >= 15 is 0 Å². The molecule has 96 valence electrons. The SMILES string of the molecule is NCC(CS(=O)CC1CCCC1)C(F)(F)F. The van der Waals surface area contributed by atoms with Gasteiger partial charge < -0.3 is 5.73 Å². The summed E-state index contributed by atoms with van der Waals surface area (Å²) in [5, 5.41) is 0. The maximum Gasteiger partial charge on any atom is 0.393 e. The number of alkyl halides is 3. The van der Waals surface area contributed by atoms with Crippen molar-refractivity contribution < 1.29 is 17.4 Å². The van der Waals surface area contributed by atoms with Crippen LogP contribution in [0.1, 0.15) is 25.7 Å². The molecule has 0 saturated heterocycles. The van der Waals surface area contributed by atoms with Gasteiger partial charge in [-0.1, -0.05) is 12.8 Å². The lowest BCUT2D eigenvalue weighted by molar-refractivity contribution is -0.165. The molecule has 0 aromatic heterocycles. The molecule has 2 atom stereocenters. The van der Waals surface area contributed by atoms with Gasteiger partial charge in [-0.15, -0.1) is 0 Å². The van der Waals surface area contributed by atoms with Crippen molar-refractivity contribution in [1.82, 2.24) is 0 Å². The summed E-state index contributed by atoms with van der Waals surface area (Å²) in [5.74, 6) is -1.19. The van der Waals surface area contributed by atoms with Crippen LogP contribution in [0.15, 0.2) is 0 Å². The van der Waals surface area contributed by atoms with Gasteiger partial charge in [0.1, 0.15) is 0 Å². The van der Waals surface area contributed by atoms with E-state index in [4.69, 9.17) is 5.73 Å². The van der Waals surface area contributed by atoms with Crippen LogP contribution in [0.25, 0.3) is 0 Å². The van der Waals surface area contributed by atoms with Crippen LogP contribution in [0.5, 0.6) is 0 Å². The number of rotatable bonds is 5. The second-order valence-corrected chi connectivity index (χ2v) is 5.94. The molecule has 0 radical (unpaired) electrons. The van der Waals surface area contributed by atoms with Crippen molar-refractivity contribution >= 4 is 10.8 Å². The molecule has 0 heterocycles. The van der Waals surface area contributed by atoms with Crippen LogP contribution in [0.4, 0.5) is 13.2 Å². The molecule has 2 unspecified atom stereocenters. The van der Waals surface area contributed by atoms with Crippen LogP contribution in [-0.2, 0) is 10.8 Å². The van der Waals surface area contributed by atoms with Crippen molar-refractivity contribution in [3.63, 3.8) is 0 Å². The minimum Gasteiger partial charge on any atom is -0.330 e. The molecule has 1 fully saturated rings. The van der Waals surface area contributed by atoms with Gasteiger partial charge in [0.25, 0.3) is 0 Å². The maximum absolute atomic E-state index is 12.4. The number of hydrogen-bond acceptors (Lipinski definition) is 2. The van der Waals surface area contributed by atoms with Crippen LogP contribution < -0.4 is 5.73 Å². The molecule has 1 aliphatic rings.